The SMILES string of the molecule is Cc1ccc(CNC2CCCN(C(=O)OC(C)(C)C)C2)nc1. The van der Waals surface area contributed by atoms with E-state index in [0.29, 0.717) is 12.6 Å². The minimum absolute atomic E-state index is 0.215. The van der Waals surface area contributed by atoms with Crippen molar-refractivity contribution in [2.24, 2.45) is 0 Å². The Bertz CT molecular complexity index is 494. The number of aromatic nitrogens is 1. The van der Waals surface area contributed by atoms with Crippen molar-refractivity contribution in [3.63, 3.8) is 0 Å². The van der Waals surface area contributed by atoms with Gasteiger partial charge < -0.3 is 15.0 Å². The molecule has 1 aliphatic rings. The first-order valence-corrected chi connectivity index (χ1v) is 7.96. The summed E-state index contributed by atoms with van der Waals surface area (Å²) >= 11 is 0. The molecule has 2 heterocycles. The number of rotatable bonds is 3. The van der Waals surface area contributed by atoms with E-state index in [2.05, 4.69) is 16.4 Å². The minimum atomic E-state index is -0.441. The Morgan fingerprint density at radius 3 is 2.86 bits per heavy atom. The number of nitrogens with one attached hydrogen (secondary N) is 1. The monoisotopic (exact) mass is 305 g/mol. The van der Waals surface area contributed by atoms with Crippen molar-refractivity contribution in [3.05, 3.63) is 29.6 Å². The van der Waals surface area contributed by atoms with Gasteiger partial charge in [0.1, 0.15) is 5.60 Å². The normalized spacial score (nSPS) is 19.1. The van der Waals surface area contributed by atoms with Crippen LogP contribution in [-0.4, -0.2) is 40.7 Å². The van der Waals surface area contributed by atoms with E-state index in [9.17, 15) is 4.79 Å². The van der Waals surface area contributed by atoms with Crippen molar-refractivity contribution in [1.82, 2.24) is 15.2 Å². The second-order valence-electron chi connectivity index (χ2n) is 6.97. The topological polar surface area (TPSA) is 54.5 Å². The lowest BCUT2D eigenvalue weighted by atomic mass is 10.1. The first-order chi connectivity index (χ1) is 10.3. The van der Waals surface area contributed by atoms with Gasteiger partial charge in [-0.3, -0.25) is 4.98 Å². The highest BCUT2D eigenvalue weighted by Gasteiger charge is 2.27. The zero-order valence-corrected chi connectivity index (χ0v) is 14.1. The summed E-state index contributed by atoms with van der Waals surface area (Å²) in [4.78, 5) is 18.3. The number of ether oxygens (including phenoxy) is 1. The molecular formula is C17H27N3O2. The number of aryl methyl sites for hydroxylation is 1. The molecule has 0 bridgehead atoms. The third-order valence-electron chi connectivity index (χ3n) is 3.62. The van der Waals surface area contributed by atoms with E-state index in [1.807, 2.05) is 40.0 Å². The molecule has 22 heavy (non-hydrogen) atoms. The van der Waals surface area contributed by atoms with E-state index in [1.54, 1.807) is 4.90 Å². The van der Waals surface area contributed by atoms with Gasteiger partial charge in [0, 0.05) is 31.9 Å². The summed E-state index contributed by atoms with van der Waals surface area (Å²) < 4.78 is 5.45. The van der Waals surface area contributed by atoms with Gasteiger partial charge in [0.25, 0.3) is 0 Å². The number of hydrogen-bond acceptors (Lipinski definition) is 4. The Kier molecular flexibility index (Phi) is 5.40. The fourth-order valence-electron chi connectivity index (χ4n) is 2.49. The second kappa shape index (κ2) is 7.09. The molecule has 122 valence electrons. The lowest BCUT2D eigenvalue weighted by Gasteiger charge is -2.34. The second-order valence-corrected chi connectivity index (χ2v) is 6.97. The molecule has 0 spiro atoms. The van der Waals surface area contributed by atoms with Crippen molar-refractivity contribution < 1.29 is 9.53 Å². The molecular weight excluding hydrogens is 278 g/mol. The number of pyridine rings is 1. The predicted octanol–water partition coefficient (Wildman–Crippen LogP) is 2.88. The predicted molar refractivity (Wildman–Crippen MR) is 86.6 cm³/mol. The van der Waals surface area contributed by atoms with E-state index in [4.69, 9.17) is 4.74 Å². The fraction of sp³-hybridized carbons (Fsp3) is 0.647. The Morgan fingerprint density at radius 2 is 2.23 bits per heavy atom. The molecule has 1 atom stereocenters. The van der Waals surface area contributed by atoms with Crippen LogP contribution in [0.3, 0.4) is 0 Å². The van der Waals surface area contributed by atoms with Gasteiger partial charge in [0.05, 0.1) is 5.69 Å². The van der Waals surface area contributed by atoms with Crippen molar-refractivity contribution in [2.45, 2.75) is 58.7 Å². The zero-order valence-electron chi connectivity index (χ0n) is 14.1. The number of carbonyl (C=O) groups is 1. The van der Waals surface area contributed by atoms with E-state index in [-0.39, 0.29) is 6.09 Å². The molecule has 1 aromatic heterocycles. The number of hydrogen-bond donors (Lipinski definition) is 1. The van der Waals surface area contributed by atoms with Crippen LogP contribution in [0, 0.1) is 6.92 Å². The van der Waals surface area contributed by atoms with Gasteiger partial charge in [0.15, 0.2) is 0 Å². The molecule has 1 saturated heterocycles. The minimum Gasteiger partial charge on any atom is -0.444 e. The molecule has 5 nitrogen and oxygen atoms in total. The average Bonchev–Trinajstić information content (AvgIpc) is 2.45. The molecule has 0 aliphatic carbocycles. The number of piperidine rings is 1. The zero-order chi connectivity index (χ0) is 16.2. The number of nitrogens with zero attached hydrogens (tertiary/aromatic N) is 2. The largest absolute Gasteiger partial charge is 0.444 e. The van der Waals surface area contributed by atoms with Gasteiger partial charge >= 0.3 is 6.09 Å². The van der Waals surface area contributed by atoms with Crippen LogP contribution in [0.25, 0.3) is 0 Å². The molecule has 1 amide bonds. The van der Waals surface area contributed by atoms with Crippen LogP contribution >= 0.6 is 0 Å². The molecule has 1 aliphatic heterocycles. The van der Waals surface area contributed by atoms with Crippen molar-refractivity contribution in [3.8, 4) is 0 Å². The van der Waals surface area contributed by atoms with Crippen LogP contribution in [0.1, 0.15) is 44.9 Å². The van der Waals surface area contributed by atoms with Crippen molar-refractivity contribution in [2.75, 3.05) is 13.1 Å². The summed E-state index contributed by atoms with van der Waals surface area (Å²) in [6.45, 7) is 9.92. The molecule has 1 aromatic rings. The molecule has 1 fully saturated rings. The summed E-state index contributed by atoms with van der Waals surface area (Å²) in [6.07, 6.45) is 3.74. The van der Waals surface area contributed by atoms with Crippen LogP contribution < -0.4 is 5.32 Å². The maximum atomic E-state index is 12.1. The van der Waals surface area contributed by atoms with Crippen LogP contribution in [0.5, 0.6) is 0 Å². The highest BCUT2D eigenvalue weighted by molar-refractivity contribution is 5.68. The highest BCUT2D eigenvalue weighted by Crippen LogP contribution is 2.15. The first-order valence-electron chi connectivity index (χ1n) is 7.96. The third-order valence-corrected chi connectivity index (χ3v) is 3.62. The lowest BCUT2D eigenvalue weighted by Crippen LogP contribution is -2.49. The molecule has 0 aromatic carbocycles. The average molecular weight is 305 g/mol. The smallest absolute Gasteiger partial charge is 0.410 e. The lowest BCUT2D eigenvalue weighted by molar-refractivity contribution is 0.0187. The molecule has 0 saturated carbocycles. The van der Waals surface area contributed by atoms with Crippen molar-refractivity contribution >= 4 is 6.09 Å². The quantitative estimate of drug-likeness (QED) is 0.933. The Balaban J connectivity index is 1.82. The van der Waals surface area contributed by atoms with E-state index in [1.165, 1.54) is 0 Å². The van der Waals surface area contributed by atoms with Crippen LogP contribution in [0.4, 0.5) is 4.79 Å². The maximum Gasteiger partial charge on any atom is 0.410 e. The van der Waals surface area contributed by atoms with Gasteiger partial charge in [-0.25, -0.2) is 4.79 Å². The molecule has 1 N–H and O–H groups in total. The van der Waals surface area contributed by atoms with Crippen LogP contribution in [-0.2, 0) is 11.3 Å². The number of amides is 1. The molecule has 0 radical (unpaired) electrons. The van der Waals surface area contributed by atoms with Crippen LogP contribution in [0.15, 0.2) is 18.3 Å². The molecule has 1 unspecified atom stereocenters. The van der Waals surface area contributed by atoms with Gasteiger partial charge in [0.2, 0.25) is 0 Å². The Labute approximate surface area is 133 Å². The third kappa shape index (κ3) is 5.30. The van der Waals surface area contributed by atoms with Crippen LogP contribution in [0.2, 0.25) is 0 Å². The Morgan fingerprint density at radius 1 is 1.45 bits per heavy atom. The summed E-state index contributed by atoms with van der Waals surface area (Å²) in [7, 11) is 0. The van der Waals surface area contributed by atoms with Gasteiger partial charge in [-0.2, -0.15) is 0 Å². The first kappa shape index (κ1) is 16.7. The van der Waals surface area contributed by atoms with Crippen molar-refractivity contribution in [1.29, 1.82) is 0 Å². The summed E-state index contributed by atoms with van der Waals surface area (Å²) in [5.74, 6) is 0. The van der Waals surface area contributed by atoms with E-state index in [0.717, 1.165) is 37.2 Å². The number of likely N-dealkylation sites (tertiary alicyclic amines) is 1. The summed E-state index contributed by atoms with van der Waals surface area (Å²) in [6, 6.07) is 4.40. The number of carbonyl (C=O) groups excluding carboxylic acids is 1. The molecule has 5 heteroatoms. The van der Waals surface area contributed by atoms with Gasteiger partial charge in [-0.15, -0.1) is 0 Å². The summed E-state index contributed by atoms with van der Waals surface area (Å²) in [5.41, 5.74) is 1.75. The molecule has 2 rings (SSSR count). The maximum absolute atomic E-state index is 12.1. The standard InChI is InChI=1S/C17H27N3O2/c1-13-7-8-14(18-10-13)11-19-15-6-5-9-20(12-15)16(21)22-17(2,3)4/h7-8,10,15,19H,5-6,9,11-12H2,1-4H3. The van der Waals surface area contributed by atoms with Gasteiger partial charge in [-0.1, -0.05) is 6.07 Å². The Hall–Kier alpha value is -1.62. The van der Waals surface area contributed by atoms with E-state index < -0.39 is 5.60 Å². The van der Waals surface area contributed by atoms with E-state index >= 15 is 0 Å². The summed E-state index contributed by atoms with van der Waals surface area (Å²) in [5, 5.41) is 3.49. The highest BCUT2D eigenvalue weighted by atomic mass is 16.6. The van der Waals surface area contributed by atoms with Gasteiger partial charge in [-0.05, 0) is 52.2 Å². The fourth-order valence-corrected chi connectivity index (χ4v) is 2.49.